The molecule has 4 heterocycles. The van der Waals surface area contributed by atoms with E-state index in [-0.39, 0.29) is 0 Å². The Morgan fingerprint density at radius 3 is 2.58 bits per heavy atom. The van der Waals surface area contributed by atoms with Gasteiger partial charge in [0.05, 0.1) is 17.1 Å². The van der Waals surface area contributed by atoms with Gasteiger partial charge in [0.2, 0.25) is 0 Å². The number of H-pyrrole nitrogens is 1. The molecule has 0 fully saturated rings. The second kappa shape index (κ2) is 8.79. The van der Waals surface area contributed by atoms with Crippen LogP contribution in [0.2, 0.25) is 5.15 Å². The third kappa shape index (κ3) is 4.44. The number of hydrogen-bond donors (Lipinski definition) is 1. The van der Waals surface area contributed by atoms with Crippen LogP contribution in [0.3, 0.4) is 0 Å². The van der Waals surface area contributed by atoms with E-state index in [4.69, 9.17) is 16.6 Å². The van der Waals surface area contributed by atoms with Crippen LogP contribution in [0.1, 0.15) is 68.4 Å². The molecule has 3 aromatic heterocycles. The Labute approximate surface area is 189 Å². The van der Waals surface area contributed by atoms with Gasteiger partial charge in [-0.1, -0.05) is 39.3 Å². The van der Waals surface area contributed by atoms with Crippen LogP contribution in [0.4, 0.5) is 0 Å². The van der Waals surface area contributed by atoms with E-state index in [9.17, 15) is 0 Å². The van der Waals surface area contributed by atoms with E-state index in [0.717, 1.165) is 72.6 Å². The maximum atomic E-state index is 6.51. The van der Waals surface area contributed by atoms with Gasteiger partial charge in [0, 0.05) is 44.5 Å². The molecule has 0 saturated carbocycles. The molecule has 0 bridgehead atoms. The number of hydrogen-bond acceptors (Lipinski definition) is 4. The predicted octanol–water partition coefficient (Wildman–Crippen LogP) is 4.70. The molecule has 0 spiro atoms. The standard InChI is InChI=1S/C23H34ClN7/c1-14(2)7-8-18-21-13-30(12-17-16(5)28-29(6)22(17)24)9-10-31(21)23(25-18)20-11-19(15(3)4)26-27-20/h11,14-15H,7-10,12-13H2,1-6H3,(H,26,27). The molecule has 3 aromatic rings. The van der Waals surface area contributed by atoms with Crippen molar-refractivity contribution in [1.29, 1.82) is 0 Å². The summed E-state index contributed by atoms with van der Waals surface area (Å²) in [7, 11) is 1.90. The normalized spacial score (nSPS) is 14.7. The molecule has 0 amide bonds. The monoisotopic (exact) mass is 443 g/mol. The van der Waals surface area contributed by atoms with Gasteiger partial charge in [0.25, 0.3) is 0 Å². The Hall–Kier alpha value is -2.12. The first-order valence-corrected chi connectivity index (χ1v) is 11.7. The molecule has 7 nitrogen and oxygen atoms in total. The minimum Gasteiger partial charge on any atom is -0.324 e. The Morgan fingerprint density at radius 1 is 1.19 bits per heavy atom. The lowest BCUT2D eigenvalue weighted by Crippen LogP contribution is -2.34. The highest BCUT2D eigenvalue weighted by Crippen LogP contribution is 2.30. The number of imidazole rings is 1. The van der Waals surface area contributed by atoms with Crippen molar-refractivity contribution in [1.82, 2.24) is 34.4 Å². The molecule has 1 aliphatic rings. The molecule has 0 saturated heterocycles. The summed E-state index contributed by atoms with van der Waals surface area (Å²) in [6.07, 6.45) is 2.13. The molecule has 0 aliphatic carbocycles. The van der Waals surface area contributed by atoms with Crippen molar-refractivity contribution in [2.75, 3.05) is 6.54 Å². The van der Waals surface area contributed by atoms with Gasteiger partial charge in [0.15, 0.2) is 5.82 Å². The van der Waals surface area contributed by atoms with Gasteiger partial charge in [-0.3, -0.25) is 14.7 Å². The lowest BCUT2D eigenvalue weighted by molar-refractivity contribution is 0.212. The number of aromatic amines is 1. The number of aryl methyl sites for hydroxylation is 3. The first-order chi connectivity index (χ1) is 14.7. The van der Waals surface area contributed by atoms with Gasteiger partial charge in [-0.15, -0.1) is 0 Å². The van der Waals surface area contributed by atoms with E-state index in [0.29, 0.717) is 11.8 Å². The first-order valence-electron chi connectivity index (χ1n) is 11.3. The maximum absolute atomic E-state index is 6.51. The molecule has 4 rings (SSSR count). The fourth-order valence-corrected chi connectivity index (χ4v) is 4.50. The number of rotatable bonds is 7. The van der Waals surface area contributed by atoms with Gasteiger partial charge < -0.3 is 4.57 Å². The average Bonchev–Trinajstić information content (AvgIpc) is 3.39. The van der Waals surface area contributed by atoms with Crippen LogP contribution in [0.5, 0.6) is 0 Å². The Morgan fingerprint density at radius 2 is 1.97 bits per heavy atom. The molecule has 1 aliphatic heterocycles. The zero-order chi connectivity index (χ0) is 22.3. The molecular formula is C23H34ClN7. The van der Waals surface area contributed by atoms with E-state index >= 15 is 0 Å². The van der Waals surface area contributed by atoms with Crippen LogP contribution in [0.25, 0.3) is 11.5 Å². The zero-order valence-corrected chi connectivity index (χ0v) is 20.3. The Kier molecular flexibility index (Phi) is 6.26. The van der Waals surface area contributed by atoms with Crippen LogP contribution < -0.4 is 0 Å². The number of nitrogens with one attached hydrogen (secondary N) is 1. The van der Waals surface area contributed by atoms with Crippen molar-refractivity contribution >= 4 is 11.6 Å². The summed E-state index contributed by atoms with van der Waals surface area (Å²) in [6, 6.07) is 2.15. The smallest absolute Gasteiger partial charge is 0.161 e. The maximum Gasteiger partial charge on any atom is 0.161 e. The summed E-state index contributed by atoms with van der Waals surface area (Å²) >= 11 is 6.51. The summed E-state index contributed by atoms with van der Waals surface area (Å²) in [6.45, 7) is 14.5. The average molecular weight is 444 g/mol. The van der Waals surface area contributed by atoms with E-state index in [1.54, 1.807) is 4.68 Å². The van der Waals surface area contributed by atoms with Gasteiger partial charge in [0.1, 0.15) is 10.8 Å². The number of fused-ring (bicyclic) bond motifs is 1. The molecule has 0 atom stereocenters. The van der Waals surface area contributed by atoms with Gasteiger partial charge in [-0.25, -0.2) is 4.98 Å². The lowest BCUT2D eigenvalue weighted by atomic mass is 10.0. The van der Waals surface area contributed by atoms with Crippen molar-refractivity contribution in [3.8, 4) is 11.5 Å². The van der Waals surface area contributed by atoms with Gasteiger partial charge in [-0.2, -0.15) is 10.2 Å². The lowest BCUT2D eigenvalue weighted by Gasteiger charge is -2.29. The van der Waals surface area contributed by atoms with E-state index in [1.807, 2.05) is 14.0 Å². The van der Waals surface area contributed by atoms with Crippen molar-refractivity contribution in [2.45, 2.75) is 73.0 Å². The second-order valence-electron chi connectivity index (χ2n) is 9.47. The minimum absolute atomic E-state index is 0.417. The number of aromatic nitrogens is 6. The molecule has 8 heteroatoms. The molecular weight excluding hydrogens is 410 g/mol. The molecule has 0 radical (unpaired) electrons. The van der Waals surface area contributed by atoms with Crippen molar-refractivity contribution < 1.29 is 0 Å². The highest BCUT2D eigenvalue weighted by Gasteiger charge is 2.27. The van der Waals surface area contributed by atoms with E-state index in [2.05, 4.69) is 58.5 Å². The molecule has 168 valence electrons. The molecule has 0 aromatic carbocycles. The highest BCUT2D eigenvalue weighted by molar-refractivity contribution is 6.30. The van der Waals surface area contributed by atoms with Crippen LogP contribution >= 0.6 is 11.6 Å². The molecule has 0 unspecified atom stereocenters. The van der Waals surface area contributed by atoms with Crippen molar-refractivity contribution in [3.05, 3.63) is 39.6 Å². The third-order valence-corrected chi connectivity index (χ3v) is 6.70. The van der Waals surface area contributed by atoms with Crippen LogP contribution in [0, 0.1) is 12.8 Å². The number of nitrogens with zero attached hydrogens (tertiary/aromatic N) is 6. The minimum atomic E-state index is 0.417. The van der Waals surface area contributed by atoms with Gasteiger partial charge in [-0.05, 0) is 37.7 Å². The van der Waals surface area contributed by atoms with Crippen LogP contribution in [-0.2, 0) is 33.1 Å². The van der Waals surface area contributed by atoms with Crippen LogP contribution in [0.15, 0.2) is 6.07 Å². The van der Waals surface area contributed by atoms with E-state index < -0.39 is 0 Å². The summed E-state index contributed by atoms with van der Waals surface area (Å²) in [5, 5.41) is 13.0. The third-order valence-electron chi connectivity index (χ3n) is 6.23. The van der Waals surface area contributed by atoms with Crippen molar-refractivity contribution in [3.63, 3.8) is 0 Å². The number of halogens is 1. The Balaban J connectivity index is 1.64. The predicted molar refractivity (Wildman–Crippen MR) is 124 cm³/mol. The fourth-order valence-electron chi connectivity index (χ4n) is 4.27. The van der Waals surface area contributed by atoms with E-state index in [1.165, 1.54) is 11.4 Å². The topological polar surface area (TPSA) is 67.6 Å². The van der Waals surface area contributed by atoms with Crippen molar-refractivity contribution in [2.24, 2.45) is 13.0 Å². The van der Waals surface area contributed by atoms with Crippen LogP contribution in [-0.4, -0.2) is 41.0 Å². The summed E-state index contributed by atoms with van der Waals surface area (Å²) in [4.78, 5) is 7.56. The summed E-state index contributed by atoms with van der Waals surface area (Å²) in [5.41, 5.74) is 6.74. The summed E-state index contributed by atoms with van der Waals surface area (Å²) < 4.78 is 4.14. The quantitative estimate of drug-likeness (QED) is 0.574. The first kappa shape index (κ1) is 22.1. The highest BCUT2D eigenvalue weighted by atomic mass is 35.5. The summed E-state index contributed by atoms with van der Waals surface area (Å²) in [5.74, 6) is 2.06. The Bertz CT molecular complexity index is 1060. The second-order valence-corrected chi connectivity index (χ2v) is 9.82. The molecule has 31 heavy (non-hydrogen) atoms. The molecule has 1 N–H and O–H groups in total. The SMILES string of the molecule is Cc1nn(C)c(Cl)c1CN1CCn2c(-c3cc(C(C)C)[nH]n3)nc(CCC(C)C)c2C1. The zero-order valence-electron chi connectivity index (χ0n) is 19.5. The van der Waals surface area contributed by atoms with Gasteiger partial charge >= 0.3 is 0 Å². The fraction of sp³-hybridized carbons (Fsp3) is 0.609. The largest absolute Gasteiger partial charge is 0.324 e.